The van der Waals surface area contributed by atoms with Crippen LogP contribution in [-0.4, -0.2) is 54.8 Å². The van der Waals surface area contributed by atoms with Crippen molar-refractivity contribution in [1.29, 1.82) is 0 Å². The molecule has 0 unspecified atom stereocenters. The van der Waals surface area contributed by atoms with Gasteiger partial charge in [-0.1, -0.05) is 18.2 Å². The SMILES string of the molecule is CNc1nccnc1[C@H]1CN(CCOc2ccccc2)CCO1. The summed E-state index contributed by atoms with van der Waals surface area (Å²) in [7, 11) is 1.85. The standard InChI is InChI=1S/C17H22N4O2/c1-18-17-16(19-7-8-20-17)15-13-21(10-12-23-15)9-11-22-14-5-3-2-4-6-14/h2-8,15H,9-13H2,1H3,(H,18,20)/t15-/m1/s1. The average molecular weight is 314 g/mol. The number of aromatic nitrogens is 2. The van der Waals surface area contributed by atoms with Gasteiger partial charge in [-0.25, -0.2) is 4.98 Å². The van der Waals surface area contributed by atoms with E-state index in [-0.39, 0.29) is 6.10 Å². The molecule has 6 heteroatoms. The molecule has 0 saturated carbocycles. The smallest absolute Gasteiger partial charge is 0.150 e. The Morgan fingerprint density at radius 1 is 1.26 bits per heavy atom. The molecule has 1 aromatic carbocycles. The molecule has 1 aliphatic rings. The van der Waals surface area contributed by atoms with Crippen LogP contribution >= 0.6 is 0 Å². The first-order valence-electron chi connectivity index (χ1n) is 7.87. The van der Waals surface area contributed by atoms with E-state index in [2.05, 4.69) is 20.2 Å². The van der Waals surface area contributed by atoms with Gasteiger partial charge >= 0.3 is 0 Å². The van der Waals surface area contributed by atoms with Gasteiger partial charge in [-0.05, 0) is 12.1 Å². The monoisotopic (exact) mass is 314 g/mol. The van der Waals surface area contributed by atoms with Gasteiger partial charge in [-0.2, -0.15) is 0 Å². The van der Waals surface area contributed by atoms with Crippen LogP contribution in [0.25, 0.3) is 0 Å². The Morgan fingerprint density at radius 3 is 2.91 bits per heavy atom. The fourth-order valence-electron chi connectivity index (χ4n) is 2.66. The minimum Gasteiger partial charge on any atom is -0.492 e. The van der Waals surface area contributed by atoms with Gasteiger partial charge in [0, 0.05) is 39.1 Å². The van der Waals surface area contributed by atoms with Crippen molar-refractivity contribution in [1.82, 2.24) is 14.9 Å². The van der Waals surface area contributed by atoms with E-state index in [1.807, 2.05) is 37.4 Å². The minimum atomic E-state index is -0.0587. The summed E-state index contributed by atoms with van der Waals surface area (Å²) in [4.78, 5) is 11.1. The van der Waals surface area contributed by atoms with Gasteiger partial charge in [-0.15, -0.1) is 0 Å². The lowest BCUT2D eigenvalue weighted by molar-refractivity contribution is -0.0347. The van der Waals surface area contributed by atoms with E-state index in [9.17, 15) is 0 Å². The van der Waals surface area contributed by atoms with Gasteiger partial charge < -0.3 is 14.8 Å². The number of hydrogen-bond acceptors (Lipinski definition) is 6. The quantitative estimate of drug-likeness (QED) is 0.880. The molecule has 1 N–H and O–H groups in total. The highest BCUT2D eigenvalue weighted by atomic mass is 16.5. The highest BCUT2D eigenvalue weighted by Gasteiger charge is 2.25. The van der Waals surface area contributed by atoms with E-state index < -0.39 is 0 Å². The summed E-state index contributed by atoms with van der Waals surface area (Å²) in [5.41, 5.74) is 0.865. The molecule has 0 bridgehead atoms. The molecule has 1 aliphatic heterocycles. The molecule has 0 spiro atoms. The van der Waals surface area contributed by atoms with Gasteiger partial charge in [0.05, 0.1) is 6.61 Å². The second kappa shape index (κ2) is 7.89. The minimum absolute atomic E-state index is 0.0587. The molecule has 122 valence electrons. The van der Waals surface area contributed by atoms with E-state index >= 15 is 0 Å². The maximum absolute atomic E-state index is 5.88. The van der Waals surface area contributed by atoms with E-state index in [4.69, 9.17) is 9.47 Å². The molecule has 0 amide bonds. The van der Waals surface area contributed by atoms with Crippen molar-refractivity contribution in [2.45, 2.75) is 6.10 Å². The molecule has 3 rings (SSSR count). The molecule has 23 heavy (non-hydrogen) atoms. The summed E-state index contributed by atoms with van der Waals surface area (Å²) >= 11 is 0. The lowest BCUT2D eigenvalue weighted by Crippen LogP contribution is -2.40. The number of rotatable bonds is 6. The Hall–Kier alpha value is -2.18. The molecule has 2 heterocycles. The number of morpholine rings is 1. The van der Waals surface area contributed by atoms with Crippen molar-refractivity contribution in [3.63, 3.8) is 0 Å². The van der Waals surface area contributed by atoms with Gasteiger partial charge in [0.25, 0.3) is 0 Å². The fraction of sp³-hybridized carbons (Fsp3) is 0.412. The highest BCUT2D eigenvalue weighted by Crippen LogP contribution is 2.24. The largest absolute Gasteiger partial charge is 0.492 e. The number of nitrogens with one attached hydrogen (secondary N) is 1. The Morgan fingerprint density at radius 2 is 2.09 bits per heavy atom. The third-order valence-corrected chi connectivity index (χ3v) is 3.84. The zero-order valence-electron chi connectivity index (χ0n) is 13.3. The van der Waals surface area contributed by atoms with E-state index in [0.29, 0.717) is 13.2 Å². The van der Waals surface area contributed by atoms with Gasteiger partial charge in [0.15, 0.2) is 0 Å². The summed E-state index contributed by atoms with van der Waals surface area (Å²) in [6, 6.07) is 9.89. The van der Waals surface area contributed by atoms with Gasteiger partial charge in [0.1, 0.15) is 30.0 Å². The van der Waals surface area contributed by atoms with Crippen molar-refractivity contribution in [3.8, 4) is 5.75 Å². The normalized spacial score (nSPS) is 18.6. The molecule has 1 saturated heterocycles. The van der Waals surface area contributed by atoms with Crippen LogP contribution in [0.2, 0.25) is 0 Å². The maximum Gasteiger partial charge on any atom is 0.150 e. The summed E-state index contributed by atoms with van der Waals surface area (Å²) in [5.74, 6) is 1.68. The van der Waals surface area contributed by atoms with Crippen LogP contribution in [0.4, 0.5) is 5.82 Å². The lowest BCUT2D eigenvalue weighted by atomic mass is 10.2. The lowest BCUT2D eigenvalue weighted by Gasteiger charge is -2.32. The van der Waals surface area contributed by atoms with Crippen LogP contribution < -0.4 is 10.1 Å². The van der Waals surface area contributed by atoms with Crippen LogP contribution in [0.3, 0.4) is 0 Å². The zero-order chi connectivity index (χ0) is 15.9. The Bertz CT molecular complexity index is 609. The molecule has 1 fully saturated rings. The van der Waals surface area contributed by atoms with Gasteiger partial charge in [0.2, 0.25) is 0 Å². The predicted molar refractivity (Wildman–Crippen MR) is 88.6 cm³/mol. The van der Waals surface area contributed by atoms with Gasteiger partial charge in [-0.3, -0.25) is 9.88 Å². The molecule has 0 aliphatic carbocycles. The number of benzene rings is 1. The van der Waals surface area contributed by atoms with Crippen molar-refractivity contribution in [2.75, 3.05) is 45.2 Å². The molecule has 0 radical (unpaired) electrons. The van der Waals surface area contributed by atoms with E-state index in [1.54, 1.807) is 12.4 Å². The molecule has 6 nitrogen and oxygen atoms in total. The molecular weight excluding hydrogens is 292 g/mol. The number of anilines is 1. The number of para-hydroxylation sites is 1. The van der Waals surface area contributed by atoms with Crippen LogP contribution in [0, 0.1) is 0 Å². The molecule has 1 atom stereocenters. The van der Waals surface area contributed by atoms with Crippen molar-refractivity contribution >= 4 is 5.82 Å². The topological polar surface area (TPSA) is 59.5 Å². The second-order valence-corrected chi connectivity index (χ2v) is 5.36. The predicted octanol–water partition coefficient (Wildman–Crippen LogP) is 1.97. The maximum atomic E-state index is 5.88. The Kier molecular flexibility index (Phi) is 5.39. The highest BCUT2D eigenvalue weighted by molar-refractivity contribution is 5.40. The van der Waals surface area contributed by atoms with Crippen LogP contribution in [0.15, 0.2) is 42.7 Å². The second-order valence-electron chi connectivity index (χ2n) is 5.36. The first kappa shape index (κ1) is 15.7. The first-order chi connectivity index (χ1) is 11.4. The average Bonchev–Trinajstić information content (AvgIpc) is 2.63. The van der Waals surface area contributed by atoms with Crippen molar-refractivity contribution < 1.29 is 9.47 Å². The third kappa shape index (κ3) is 4.18. The zero-order valence-corrected chi connectivity index (χ0v) is 13.3. The third-order valence-electron chi connectivity index (χ3n) is 3.84. The molecule has 2 aromatic rings. The van der Waals surface area contributed by atoms with Crippen molar-refractivity contribution in [2.24, 2.45) is 0 Å². The number of nitrogens with zero attached hydrogens (tertiary/aromatic N) is 3. The fourth-order valence-corrected chi connectivity index (χ4v) is 2.66. The van der Waals surface area contributed by atoms with Crippen LogP contribution in [0.1, 0.15) is 11.8 Å². The number of ether oxygens (including phenoxy) is 2. The van der Waals surface area contributed by atoms with Crippen LogP contribution in [0.5, 0.6) is 5.75 Å². The summed E-state index contributed by atoms with van der Waals surface area (Å²) in [6.07, 6.45) is 3.33. The van der Waals surface area contributed by atoms with E-state index in [1.165, 1.54) is 0 Å². The summed E-state index contributed by atoms with van der Waals surface area (Å²) < 4.78 is 11.6. The molecule has 1 aromatic heterocycles. The molecular formula is C17H22N4O2. The van der Waals surface area contributed by atoms with Crippen molar-refractivity contribution in [3.05, 3.63) is 48.4 Å². The van der Waals surface area contributed by atoms with E-state index in [0.717, 1.165) is 36.9 Å². The first-order valence-corrected chi connectivity index (χ1v) is 7.87. The summed E-state index contributed by atoms with van der Waals surface area (Å²) in [6.45, 7) is 3.92. The summed E-state index contributed by atoms with van der Waals surface area (Å²) in [5, 5.41) is 3.08. The Labute approximate surface area is 136 Å². The Balaban J connectivity index is 1.54. The number of hydrogen-bond donors (Lipinski definition) is 1. The van der Waals surface area contributed by atoms with Crippen LogP contribution in [-0.2, 0) is 4.74 Å².